The molecule has 3 amide bonds. The Morgan fingerprint density at radius 2 is 1.74 bits per heavy atom. The van der Waals surface area contributed by atoms with Gasteiger partial charge in [-0.25, -0.2) is 4.39 Å². The van der Waals surface area contributed by atoms with Gasteiger partial charge in [0, 0.05) is 51.6 Å². The second-order valence-corrected chi connectivity index (χ2v) is 12.2. The first kappa shape index (κ1) is 40.8. The predicted octanol–water partition coefficient (Wildman–Crippen LogP) is 7.06. The van der Waals surface area contributed by atoms with E-state index in [2.05, 4.69) is 58.5 Å². The van der Waals surface area contributed by atoms with Crippen LogP contribution in [0.5, 0.6) is 0 Å². The third-order valence-corrected chi connectivity index (χ3v) is 7.33. The molecule has 2 heterocycles. The van der Waals surface area contributed by atoms with E-state index < -0.39 is 11.7 Å². The maximum Gasteiger partial charge on any atom is 0.273 e. The van der Waals surface area contributed by atoms with Gasteiger partial charge in [-0.2, -0.15) is 0 Å². The Bertz CT molecular complexity index is 1700. The number of amides is 3. The molecule has 0 bridgehead atoms. The van der Waals surface area contributed by atoms with Crippen LogP contribution in [0.3, 0.4) is 0 Å². The second kappa shape index (κ2) is 20.2. The fourth-order valence-corrected chi connectivity index (χ4v) is 4.43. The fraction of sp³-hybridized carbons (Fsp3) is 0.368. The Hall–Kier alpha value is -5.39. The van der Waals surface area contributed by atoms with Gasteiger partial charge >= 0.3 is 0 Å². The number of halogens is 1. The molecule has 0 atom stereocenters. The molecular formula is C38H51FN8O3. The summed E-state index contributed by atoms with van der Waals surface area (Å²) >= 11 is 0. The summed E-state index contributed by atoms with van der Waals surface area (Å²) in [6, 6.07) is 8.66. The van der Waals surface area contributed by atoms with Crippen molar-refractivity contribution < 1.29 is 18.8 Å². The molecule has 2 aromatic heterocycles. The number of benzene rings is 1. The minimum absolute atomic E-state index is 0.0278. The highest BCUT2D eigenvalue weighted by molar-refractivity contribution is 6.00. The maximum atomic E-state index is 14.4. The summed E-state index contributed by atoms with van der Waals surface area (Å²) in [7, 11) is 6.81. The Morgan fingerprint density at radius 1 is 1.08 bits per heavy atom. The molecule has 50 heavy (non-hydrogen) atoms. The lowest BCUT2D eigenvalue weighted by molar-refractivity contribution is -0.126. The summed E-state index contributed by atoms with van der Waals surface area (Å²) < 4.78 is 14.4. The van der Waals surface area contributed by atoms with Crippen LogP contribution in [0.25, 0.3) is 5.57 Å². The van der Waals surface area contributed by atoms with Gasteiger partial charge in [-0.3, -0.25) is 19.4 Å². The van der Waals surface area contributed by atoms with Crippen LogP contribution in [0.15, 0.2) is 66.9 Å². The van der Waals surface area contributed by atoms with Gasteiger partial charge in [0.05, 0.1) is 29.3 Å². The van der Waals surface area contributed by atoms with Crippen molar-refractivity contribution in [2.45, 2.75) is 60.4 Å². The van der Waals surface area contributed by atoms with Crippen LogP contribution < -0.4 is 20.9 Å². The SMILES string of the molecule is C=C/C(=C\C=C(/C)C(=O)N(C)Cc1nccc(C)c1F)c1cccc(Nc2cc(NC=O)nnc2C(=O)NC)c1N(C)C.CC1CC1.CCC. The first-order valence-corrected chi connectivity index (χ1v) is 16.6. The number of para-hydroxylation sites is 1. The van der Waals surface area contributed by atoms with Gasteiger partial charge in [-0.15, -0.1) is 10.2 Å². The van der Waals surface area contributed by atoms with Crippen LogP contribution in [0.2, 0.25) is 0 Å². The van der Waals surface area contributed by atoms with Crippen LogP contribution in [-0.2, 0) is 16.1 Å². The molecule has 1 aliphatic carbocycles. The highest BCUT2D eigenvalue weighted by Crippen LogP contribution is 2.36. The van der Waals surface area contributed by atoms with Crippen LogP contribution >= 0.6 is 0 Å². The maximum absolute atomic E-state index is 14.4. The molecule has 4 rings (SSSR count). The minimum atomic E-state index is -0.460. The number of allylic oxidation sites excluding steroid dienone is 4. The summed E-state index contributed by atoms with van der Waals surface area (Å²) in [6.07, 6.45) is 11.3. The highest BCUT2D eigenvalue weighted by Gasteiger charge is 2.19. The second-order valence-electron chi connectivity index (χ2n) is 12.2. The zero-order valence-electron chi connectivity index (χ0n) is 30.7. The van der Waals surface area contributed by atoms with Crippen LogP contribution in [0.1, 0.15) is 74.3 Å². The first-order chi connectivity index (χ1) is 23.8. The van der Waals surface area contributed by atoms with Gasteiger partial charge in [-0.05, 0) is 43.0 Å². The number of aryl methyl sites for hydroxylation is 1. The third kappa shape index (κ3) is 11.9. The number of pyridine rings is 1. The van der Waals surface area contributed by atoms with Crippen molar-refractivity contribution in [3.05, 3.63) is 95.2 Å². The average molecular weight is 687 g/mol. The van der Waals surface area contributed by atoms with Gasteiger partial charge < -0.3 is 25.8 Å². The van der Waals surface area contributed by atoms with Crippen molar-refractivity contribution >= 4 is 46.7 Å². The van der Waals surface area contributed by atoms with Gasteiger partial charge in [-0.1, -0.05) is 77.0 Å². The van der Waals surface area contributed by atoms with E-state index in [0.717, 1.165) is 22.7 Å². The molecule has 12 heteroatoms. The Labute approximate surface area is 295 Å². The lowest BCUT2D eigenvalue weighted by Gasteiger charge is -2.23. The monoisotopic (exact) mass is 686 g/mol. The summed E-state index contributed by atoms with van der Waals surface area (Å²) in [5.74, 6) is 0.0782. The van der Waals surface area contributed by atoms with Crippen molar-refractivity contribution in [2.75, 3.05) is 43.7 Å². The Morgan fingerprint density at radius 3 is 2.30 bits per heavy atom. The number of carbonyl (C=O) groups is 3. The number of rotatable bonds is 12. The fourth-order valence-electron chi connectivity index (χ4n) is 4.43. The van der Waals surface area contributed by atoms with E-state index in [1.807, 2.05) is 37.2 Å². The van der Waals surface area contributed by atoms with Crippen molar-refractivity contribution in [3.63, 3.8) is 0 Å². The third-order valence-electron chi connectivity index (χ3n) is 7.33. The molecule has 1 saturated carbocycles. The zero-order valence-corrected chi connectivity index (χ0v) is 30.7. The molecule has 268 valence electrons. The Kier molecular flexibility index (Phi) is 16.5. The van der Waals surface area contributed by atoms with E-state index in [1.165, 1.54) is 43.5 Å². The molecule has 3 aromatic rings. The van der Waals surface area contributed by atoms with Crippen LogP contribution in [-0.4, -0.2) is 66.5 Å². The Balaban J connectivity index is 0.00000111. The predicted molar refractivity (Wildman–Crippen MR) is 201 cm³/mol. The highest BCUT2D eigenvalue weighted by atomic mass is 19.1. The number of nitrogens with zero attached hydrogens (tertiary/aromatic N) is 5. The molecular weight excluding hydrogens is 635 g/mol. The quantitative estimate of drug-likeness (QED) is 0.105. The van der Waals surface area contributed by atoms with E-state index in [0.29, 0.717) is 28.9 Å². The van der Waals surface area contributed by atoms with Gasteiger partial charge in [0.2, 0.25) is 12.3 Å². The van der Waals surface area contributed by atoms with Gasteiger partial charge in [0.1, 0.15) is 5.82 Å². The van der Waals surface area contributed by atoms with Crippen molar-refractivity contribution in [1.82, 2.24) is 25.4 Å². The molecule has 0 unspecified atom stereocenters. The summed E-state index contributed by atoms with van der Waals surface area (Å²) in [4.78, 5) is 43.9. The first-order valence-electron chi connectivity index (χ1n) is 16.6. The smallest absolute Gasteiger partial charge is 0.273 e. The van der Waals surface area contributed by atoms with E-state index in [1.54, 1.807) is 45.2 Å². The summed E-state index contributed by atoms with van der Waals surface area (Å²) in [5.41, 5.74) is 4.36. The molecule has 1 aromatic carbocycles. The molecule has 3 N–H and O–H groups in total. The number of likely N-dealkylation sites (N-methyl/N-ethyl adjacent to an activating group) is 1. The van der Waals surface area contributed by atoms with Gasteiger partial charge in [0.15, 0.2) is 11.5 Å². The summed E-state index contributed by atoms with van der Waals surface area (Å²) in [5, 5.41) is 16.1. The van der Waals surface area contributed by atoms with Crippen LogP contribution in [0, 0.1) is 18.7 Å². The number of nitrogens with one attached hydrogen (secondary N) is 3. The van der Waals surface area contributed by atoms with Crippen molar-refractivity contribution in [2.24, 2.45) is 5.92 Å². The van der Waals surface area contributed by atoms with Gasteiger partial charge in [0.25, 0.3) is 5.91 Å². The van der Waals surface area contributed by atoms with Crippen molar-refractivity contribution in [3.8, 4) is 0 Å². The standard InChI is InChI=1S/C31H35FN8O3.C4H8.C3H8/c1-8-21(13-12-20(3)31(43)40(7)17-25-27(32)19(2)14-15-34-25)22-10-9-11-23(29(22)39(5)6)36-24-16-26(35-18-41)37-38-28(24)30(42)33-4;1-4-2-3-4;1-3-2/h8-16,18H,1,17H2,2-7H3,(H,33,42)(H2,35,36,37,41);4H,2-3H2,1H3;3H2,1-2H3/b20-12+,21-13+;;. The zero-order chi connectivity index (χ0) is 37.4. The number of anilines is 4. The molecule has 0 radical (unpaired) electrons. The van der Waals surface area contributed by atoms with Crippen LogP contribution in [0.4, 0.5) is 27.3 Å². The molecule has 0 spiro atoms. The number of aromatic nitrogens is 3. The van der Waals surface area contributed by atoms with E-state index in [4.69, 9.17) is 0 Å². The minimum Gasteiger partial charge on any atom is -0.375 e. The number of hydrogen-bond acceptors (Lipinski definition) is 8. The normalized spacial score (nSPS) is 12.3. The van der Waals surface area contributed by atoms with E-state index in [9.17, 15) is 18.8 Å². The number of hydrogen-bond donors (Lipinski definition) is 3. The average Bonchev–Trinajstić information content (AvgIpc) is 3.88. The molecule has 0 saturated heterocycles. The van der Waals surface area contributed by atoms with Crippen molar-refractivity contribution in [1.29, 1.82) is 0 Å². The molecule has 1 fully saturated rings. The van der Waals surface area contributed by atoms with E-state index >= 15 is 0 Å². The largest absolute Gasteiger partial charge is 0.375 e. The summed E-state index contributed by atoms with van der Waals surface area (Å²) in [6.45, 7) is 13.9. The lowest BCUT2D eigenvalue weighted by atomic mass is 10.0. The molecule has 1 aliphatic rings. The van der Waals surface area contributed by atoms with E-state index in [-0.39, 0.29) is 29.7 Å². The molecule has 11 nitrogen and oxygen atoms in total. The topological polar surface area (TPSA) is 132 Å². The lowest BCUT2D eigenvalue weighted by Crippen LogP contribution is -2.27. The number of carbonyl (C=O) groups excluding carboxylic acids is 3. The molecule has 0 aliphatic heterocycles.